The number of aliphatic hydroxyl groups is 2. The molecule has 0 aromatic rings. The molecule has 0 aromatic carbocycles. The normalized spacial score (nSPS) is 14.2. The van der Waals surface area contributed by atoms with Crippen molar-refractivity contribution in [1.29, 1.82) is 0 Å². The lowest BCUT2D eigenvalue weighted by atomic mass is 9.76. The molecule has 0 aliphatic rings. The molecular weight excluding hydrogens is 188 g/mol. The number of hydrogen-bond donors (Lipinski definition) is 2. The van der Waals surface area contributed by atoms with Crippen LogP contribution in [-0.2, 0) is 0 Å². The van der Waals surface area contributed by atoms with Crippen LogP contribution in [0, 0.1) is 5.92 Å². The Hall–Kier alpha value is -0.0800. The Morgan fingerprint density at radius 1 is 0.933 bits per heavy atom. The van der Waals surface area contributed by atoms with Crippen LogP contribution in [0.5, 0.6) is 0 Å². The molecule has 0 heterocycles. The highest BCUT2D eigenvalue weighted by Crippen LogP contribution is 2.33. The van der Waals surface area contributed by atoms with Gasteiger partial charge in [-0.15, -0.1) is 0 Å². The summed E-state index contributed by atoms with van der Waals surface area (Å²) in [6, 6.07) is 0. The third-order valence-corrected chi connectivity index (χ3v) is 3.24. The SMILES string of the molecule is CCCC(CCO)C(O)(CCC)CCC. The van der Waals surface area contributed by atoms with Crippen molar-refractivity contribution in [2.24, 2.45) is 5.92 Å². The van der Waals surface area contributed by atoms with E-state index in [4.69, 9.17) is 5.11 Å². The summed E-state index contributed by atoms with van der Waals surface area (Å²) in [5.74, 6) is 0.271. The zero-order valence-electron chi connectivity index (χ0n) is 10.6. The van der Waals surface area contributed by atoms with E-state index in [1.807, 2.05) is 0 Å². The monoisotopic (exact) mass is 216 g/mol. The molecule has 2 N–H and O–H groups in total. The van der Waals surface area contributed by atoms with Gasteiger partial charge < -0.3 is 10.2 Å². The fourth-order valence-corrected chi connectivity index (χ4v) is 2.59. The van der Waals surface area contributed by atoms with Crippen LogP contribution in [0.3, 0.4) is 0 Å². The second-order valence-corrected chi connectivity index (χ2v) is 4.60. The van der Waals surface area contributed by atoms with Crippen LogP contribution >= 0.6 is 0 Å². The molecule has 0 amide bonds. The molecule has 15 heavy (non-hydrogen) atoms. The molecule has 2 heteroatoms. The third-order valence-electron chi connectivity index (χ3n) is 3.24. The van der Waals surface area contributed by atoms with Crippen LogP contribution in [0.2, 0.25) is 0 Å². The van der Waals surface area contributed by atoms with Crippen LogP contribution in [0.15, 0.2) is 0 Å². The summed E-state index contributed by atoms with van der Waals surface area (Å²) in [6.07, 6.45) is 6.61. The lowest BCUT2D eigenvalue weighted by molar-refractivity contribution is -0.0462. The van der Waals surface area contributed by atoms with Crippen molar-refractivity contribution < 1.29 is 10.2 Å². The zero-order chi connectivity index (χ0) is 11.7. The van der Waals surface area contributed by atoms with Gasteiger partial charge in [0.05, 0.1) is 5.60 Å². The Kier molecular flexibility index (Phi) is 8.07. The summed E-state index contributed by atoms with van der Waals surface area (Å²) in [5.41, 5.74) is -0.539. The van der Waals surface area contributed by atoms with E-state index in [1.54, 1.807) is 0 Å². The lowest BCUT2D eigenvalue weighted by Gasteiger charge is -2.36. The zero-order valence-corrected chi connectivity index (χ0v) is 10.6. The minimum atomic E-state index is -0.539. The second kappa shape index (κ2) is 8.12. The minimum absolute atomic E-state index is 0.195. The first kappa shape index (κ1) is 14.9. The molecule has 0 bridgehead atoms. The standard InChI is InChI=1S/C13H28O2/c1-4-7-12(8-11-14)13(15,9-5-2)10-6-3/h12,14-15H,4-11H2,1-3H3. The first-order valence-electron chi connectivity index (χ1n) is 6.47. The first-order valence-corrected chi connectivity index (χ1v) is 6.47. The maximum atomic E-state index is 10.6. The van der Waals surface area contributed by atoms with Gasteiger partial charge in [0, 0.05) is 6.61 Å². The Labute approximate surface area is 94.7 Å². The van der Waals surface area contributed by atoms with E-state index in [0.717, 1.165) is 44.9 Å². The van der Waals surface area contributed by atoms with Crippen LogP contribution in [0.1, 0.15) is 65.7 Å². The van der Waals surface area contributed by atoms with E-state index < -0.39 is 5.60 Å². The van der Waals surface area contributed by atoms with Crippen molar-refractivity contribution in [2.45, 2.75) is 71.3 Å². The van der Waals surface area contributed by atoms with Gasteiger partial charge in [0.1, 0.15) is 0 Å². The molecular formula is C13H28O2. The van der Waals surface area contributed by atoms with Crippen molar-refractivity contribution in [1.82, 2.24) is 0 Å². The van der Waals surface area contributed by atoms with Gasteiger partial charge in [-0.25, -0.2) is 0 Å². The van der Waals surface area contributed by atoms with E-state index in [1.165, 1.54) is 0 Å². The Morgan fingerprint density at radius 3 is 1.80 bits per heavy atom. The van der Waals surface area contributed by atoms with Crippen LogP contribution in [0.25, 0.3) is 0 Å². The molecule has 1 atom stereocenters. The van der Waals surface area contributed by atoms with Gasteiger partial charge in [0.15, 0.2) is 0 Å². The van der Waals surface area contributed by atoms with Gasteiger partial charge in [-0.05, 0) is 31.6 Å². The molecule has 1 unspecified atom stereocenters. The smallest absolute Gasteiger partial charge is 0.0676 e. The van der Waals surface area contributed by atoms with Crippen molar-refractivity contribution in [2.75, 3.05) is 6.61 Å². The molecule has 0 aromatic heterocycles. The highest BCUT2D eigenvalue weighted by molar-refractivity contribution is 4.85. The average molecular weight is 216 g/mol. The van der Waals surface area contributed by atoms with Gasteiger partial charge in [-0.1, -0.05) is 40.0 Å². The minimum Gasteiger partial charge on any atom is -0.396 e. The van der Waals surface area contributed by atoms with Gasteiger partial charge in [-0.2, -0.15) is 0 Å². The lowest BCUT2D eigenvalue weighted by Crippen LogP contribution is -2.38. The predicted octanol–water partition coefficient (Wildman–Crippen LogP) is 3.12. The average Bonchev–Trinajstić information content (AvgIpc) is 2.18. The Bertz CT molecular complexity index is 133. The van der Waals surface area contributed by atoms with E-state index in [2.05, 4.69) is 20.8 Å². The van der Waals surface area contributed by atoms with Gasteiger partial charge >= 0.3 is 0 Å². The molecule has 2 nitrogen and oxygen atoms in total. The van der Waals surface area contributed by atoms with E-state index >= 15 is 0 Å². The molecule has 0 spiro atoms. The van der Waals surface area contributed by atoms with Gasteiger partial charge in [0.2, 0.25) is 0 Å². The van der Waals surface area contributed by atoms with Crippen molar-refractivity contribution in [3.05, 3.63) is 0 Å². The first-order chi connectivity index (χ1) is 7.14. The molecule has 0 aliphatic heterocycles. The molecule has 0 aliphatic carbocycles. The van der Waals surface area contributed by atoms with Crippen molar-refractivity contribution in [3.8, 4) is 0 Å². The second-order valence-electron chi connectivity index (χ2n) is 4.60. The fourth-order valence-electron chi connectivity index (χ4n) is 2.59. The van der Waals surface area contributed by atoms with Gasteiger partial charge in [0.25, 0.3) is 0 Å². The molecule has 0 radical (unpaired) electrons. The highest BCUT2D eigenvalue weighted by atomic mass is 16.3. The summed E-state index contributed by atoms with van der Waals surface area (Å²) in [7, 11) is 0. The van der Waals surface area contributed by atoms with Crippen LogP contribution in [-0.4, -0.2) is 22.4 Å². The maximum Gasteiger partial charge on any atom is 0.0676 e. The number of rotatable bonds is 9. The van der Waals surface area contributed by atoms with Crippen molar-refractivity contribution >= 4 is 0 Å². The molecule has 0 saturated heterocycles. The van der Waals surface area contributed by atoms with E-state index in [-0.39, 0.29) is 12.5 Å². The van der Waals surface area contributed by atoms with Gasteiger partial charge in [-0.3, -0.25) is 0 Å². The topological polar surface area (TPSA) is 40.5 Å². The third kappa shape index (κ3) is 4.98. The summed E-state index contributed by atoms with van der Waals surface area (Å²) in [5, 5.41) is 19.7. The summed E-state index contributed by atoms with van der Waals surface area (Å²) >= 11 is 0. The summed E-state index contributed by atoms with van der Waals surface area (Å²) < 4.78 is 0. The Morgan fingerprint density at radius 2 is 1.47 bits per heavy atom. The highest BCUT2D eigenvalue weighted by Gasteiger charge is 2.33. The summed E-state index contributed by atoms with van der Waals surface area (Å²) in [4.78, 5) is 0. The predicted molar refractivity (Wildman–Crippen MR) is 64.9 cm³/mol. The van der Waals surface area contributed by atoms with Crippen molar-refractivity contribution in [3.63, 3.8) is 0 Å². The Balaban J connectivity index is 4.48. The fraction of sp³-hybridized carbons (Fsp3) is 1.00. The number of hydrogen-bond acceptors (Lipinski definition) is 2. The quantitative estimate of drug-likeness (QED) is 0.621. The van der Waals surface area contributed by atoms with E-state index in [0.29, 0.717) is 0 Å². The molecule has 0 rings (SSSR count). The summed E-state index contributed by atoms with van der Waals surface area (Å²) in [6.45, 7) is 6.56. The molecule has 0 fully saturated rings. The molecule has 0 saturated carbocycles. The maximum absolute atomic E-state index is 10.6. The largest absolute Gasteiger partial charge is 0.396 e. The molecule has 92 valence electrons. The van der Waals surface area contributed by atoms with Crippen LogP contribution < -0.4 is 0 Å². The van der Waals surface area contributed by atoms with E-state index in [9.17, 15) is 5.11 Å². The van der Waals surface area contributed by atoms with Crippen LogP contribution in [0.4, 0.5) is 0 Å². The number of aliphatic hydroxyl groups excluding tert-OH is 1.